The van der Waals surface area contributed by atoms with Gasteiger partial charge in [-0.3, -0.25) is 0 Å². The quantitative estimate of drug-likeness (QED) is 0.355. The van der Waals surface area contributed by atoms with Gasteiger partial charge in [0.1, 0.15) is 0 Å². The highest BCUT2D eigenvalue weighted by Crippen LogP contribution is 2.02. The van der Waals surface area contributed by atoms with Crippen molar-refractivity contribution in [2.75, 3.05) is 0 Å². The molecule has 3 heteroatoms. The van der Waals surface area contributed by atoms with Gasteiger partial charge >= 0.3 is 0 Å². The van der Waals surface area contributed by atoms with Crippen molar-refractivity contribution in [1.29, 1.82) is 0 Å². The van der Waals surface area contributed by atoms with Crippen molar-refractivity contribution in [2.45, 2.75) is 13.1 Å². The Morgan fingerprint density at radius 2 is 1.60 bits per heavy atom. The predicted molar refractivity (Wildman–Crippen MR) is 29.4 cm³/mol. The maximum atomic E-state index is 8.62. The first-order valence-electron chi connectivity index (χ1n) is 1.51. The van der Waals surface area contributed by atoms with E-state index in [4.69, 9.17) is 4.80 Å². The van der Waals surface area contributed by atoms with Gasteiger partial charge in [0, 0.05) is 0 Å². The molecule has 32 valence electrons. The van der Waals surface area contributed by atoms with Crippen molar-refractivity contribution < 1.29 is 4.80 Å². The summed E-state index contributed by atoms with van der Waals surface area (Å²) in [6.45, 7) is 3.69. The van der Waals surface area contributed by atoms with E-state index in [1.807, 2.05) is 13.1 Å². The second-order valence-corrected chi connectivity index (χ2v) is 9.20. The fourth-order valence-corrected chi connectivity index (χ4v) is 0. The minimum Gasteiger partial charge on any atom is -0.429 e. The zero-order valence-corrected chi connectivity index (χ0v) is 5.68. The van der Waals surface area contributed by atoms with Crippen molar-refractivity contribution in [2.24, 2.45) is 0 Å². The van der Waals surface area contributed by atoms with Crippen LogP contribution in [0.2, 0.25) is 13.1 Å². The molecule has 0 heterocycles. The first kappa shape index (κ1) is 5.61. The van der Waals surface area contributed by atoms with Crippen LogP contribution in [0.4, 0.5) is 0 Å². The van der Waals surface area contributed by atoms with Crippen LogP contribution in [0.3, 0.4) is 0 Å². The van der Waals surface area contributed by atoms with Gasteiger partial charge in [0.05, 0.1) is 0 Å². The SMILES string of the molecule is C[Si](C)(O)P. The van der Waals surface area contributed by atoms with Gasteiger partial charge in [-0.1, -0.05) is 0 Å². The summed E-state index contributed by atoms with van der Waals surface area (Å²) in [5.74, 6) is 0. The highest BCUT2D eigenvalue weighted by Gasteiger charge is 2.04. The predicted octanol–water partition coefficient (Wildman–Crippen LogP) is 0.556. The second kappa shape index (κ2) is 1.37. The van der Waals surface area contributed by atoms with Gasteiger partial charge in [0.25, 0.3) is 0 Å². The molecule has 1 atom stereocenters. The van der Waals surface area contributed by atoms with Gasteiger partial charge in [-0.25, -0.2) is 0 Å². The van der Waals surface area contributed by atoms with E-state index in [1.54, 1.807) is 0 Å². The minimum absolute atomic E-state index is 1.69. The highest BCUT2D eigenvalue weighted by molar-refractivity contribution is 7.66. The summed E-state index contributed by atoms with van der Waals surface area (Å²) < 4.78 is 0. The van der Waals surface area contributed by atoms with Crippen LogP contribution in [-0.4, -0.2) is 12.8 Å². The van der Waals surface area contributed by atoms with Crippen molar-refractivity contribution in [3.05, 3.63) is 0 Å². The van der Waals surface area contributed by atoms with E-state index in [-0.39, 0.29) is 0 Å². The largest absolute Gasteiger partial charge is 0.429 e. The highest BCUT2D eigenvalue weighted by atomic mass is 31.3. The maximum absolute atomic E-state index is 8.62. The van der Waals surface area contributed by atoms with Gasteiger partial charge in [-0.05, 0) is 13.1 Å². The molecular formula is C2H9OPSi. The number of hydrogen-bond donors (Lipinski definition) is 1. The lowest BCUT2D eigenvalue weighted by molar-refractivity contribution is 0.579. The van der Waals surface area contributed by atoms with Crippen molar-refractivity contribution >= 4 is 16.8 Å². The van der Waals surface area contributed by atoms with E-state index in [9.17, 15) is 0 Å². The van der Waals surface area contributed by atoms with Gasteiger partial charge in [-0.15, -0.1) is 8.79 Å². The first-order chi connectivity index (χ1) is 2.00. The van der Waals surface area contributed by atoms with E-state index < -0.39 is 7.98 Å². The van der Waals surface area contributed by atoms with Crippen LogP contribution in [0.5, 0.6) is 0 Å². The molecular weight excluding hydrogens is 99.1 g/mol. The Hall–Kier alpha value is 0.607. The summed E-state index contributed by atoms with van der Waals surface area (Å²) in [5, 5.41) is 0. The molecule has 0 rings (SSSR count). The summed E-state index contributed by atoms with van der Waals surface area (Å²) in [6, 6.07) is 0. The van der Waals surface area contributed by atoms with Crippen LogP contribution in [0.25, 0.3) is 0 Å². The Morgan fingerprint density at radius 1 is 1.60 bits per heavy atom. The third kappa shape index (κ3) is 85.0. The molecule has 1 unspecified atom stereocenters. The van der Waals surface area contributed by atoms with E-state index >= 15 is 0 Å². The molecule has 0 bridgehead atoms. The molecule has 0 saturated heterocycles. The standard InChI is InChI=1S/C2H9OPSi/c1-5(2,3)4/h3H,4H2,1-2H3. The van der Waals surface area contributed by atoms with Crippen LogP contribution < -0.4 is 0 Å². The molecule has 1 N–H and O–H groups in total. The number of hydrogen-bond acceptors (Lipinski definition) is 1. The average molecular weight is 108 g/mol. The van der Waals surface area contributed by atoms with Gasteiger partial charge in [-0.2, -0.15) is 0 Å². The molecule has 0 aromatic heterocycles. The molecule has 0 aromatic carbocycles. The maximum Gasteiger partial charge on any atom is 0.202 e. The van der Waals surface area contributed by atoms with Crippen molar-refractivity contribution in [3.8, 4) is 0 Å². The second-order valence-electron chi connectivity index (χ2n) is 1.65. The monoisotopic (exact) mass is 108 g/mol. The fraction of sp³-hybridized carbons (Fsp3) is 1.00. The van der Waals surface area contributed by atoms with Crippen LogP contribution >= 0.6 is 8.79 Å². The zero-order valence-electron chi connectivity index (χ0n) is 3.52. The molecule has 0 spiro atoms. The van der Waals surface area contributed by atoms with Crippen molar-refractivity contribution in [3.63, 3.8) is 0 Å². The molecule has 0 radical (unpaired) electrons. The molecule has 0 aliphatic carbocycles. The van der Waals surface area contributed by atoms with E-state index in [0.29, 0.717) is 0 Å². The lowest BCUT2D eigenvalue weighted by Crippen LogP contribution is -2.12. The smallest absolute Gasteiger partial charge is 0.202 e. The topological polar surface area (TPSA) is 20.2 Å². The Kier molecular flexibility index (Phi) is 1.54. The molecule has 0 aliphatic rings. The Morgan fingerprint density at radius 3 is 1.60 bits per heavy atom. The first-order valence-corrected chi connectivity index (χ1v) is 6.27. The third-order valence-electron chi connectivity index (χ3n) is 0. The molecule has 0 saturated carbocycles. The molecule has 0 aromatic rings. The normalized spacial score (nSPS) is 12.0. The summed E-state index contributed by atoms with van der Waals surface area (Å²) in [7, 11) is 0.715. The Balaban J connectivity index is 3.02. The van der Waals surface area contributed by atoms with Crippen LogP contribution in [0.1, 0.15) is 0 Å². The van der Waals surface area contributed by atoms with Crippen LogP contribution in [0, 0.1) is 0 Å². The number of rotatable bonds is 0. The van der Waals surface area contributed by atoms with Gasteiger partial charge < -0.3 is 4.80 Å². The van der Waals surface area contributed by atoms with E-state index in [0.717, 1.165) is 0 Å². The molecule has 0 fully saturated rings. The lowest BCUT2D eigenvalue weighted by atomic mass is 11.9. The average Bonchev–Trinajstić information content (AvgIpc) is 0.722. The molecule has 5 heavy (non-hydrogen) atoms. The van der Waals surface area contributed by atoms with E-state index in [2.05, 4.69) is 8.79 Å². The third-order valence-corrected chi connectivity index (χ3v) is 0. The summed E-state index contributed by atoms with van der Waals surface area (Å²) in [6.07, 6.45) is 0. The Bertz CT molecular complexity index is 25.1. The summed E-state index contributed by atoms with van der Waals surface area (Å²) in [5.41, 5.74) is 0. The fourth-order valence-electron chi connectivity index (χ4n) is 0. The van der Waals surface area contributed by atoms with Crippen LogP contribution in [0.15, 0.2) is 0 Å². The lowest BCUT2D eigenvalue weighted by Gasteiger charge is -1.99. The zero-order chi connectivity index (χ0) is 4.50. The van der Waals surface area contributed by atoms with Gasteiger partial charge in [0.15, 0.2) is 0 Å². The summed E-state index contributed by atoms with van der Waals surface area (Å²) in [4.78, 5) is 8.62. The Labute approximate surface area is 35.6 Å². The van der Waals surface area contributed by atoms with Crippen molar-refractivity contribution in [1.82, 2.24) is 0 Å². The summed E-state index contributed by atoms with van der Waals surface area (Å²) >= 11 is 0. The van der Waals surface area contributed by atoms with Crippen LogP contribution in [-0.2, 0) is 0 Å². The van der Waals surface area contributed by atoms with Gasteiger partial charge in [0.2, 0.25) is 7.98 Å². The molecule has 0 aliphatic heterocycles. The van der Waals surface area contributed by atoms with E-state index in [1.165, 1.54) is 0 Å². The molecule has 0 amide bonds. The minimum atomic E-state index is -1.69. The molecule has 1 nitrogen and oxygen atoms in total.